The Morgan fingerprint density at radius 1 is 0.788 bits per heavy atom. The number of ketones is 1. The number of amides is 3. The maximum Gasteiger partial charge on any atom is 0.325 e. The Bertz CT molecular complexity index is 1370. The van der Waals surface area contributed by atoms with E-state index >= 15 is 0 Å². The van der Waals surface area contributed by atoms with Crippen molar-refractivity contribution in [3.63, 3.8) is 0 Å². The van der Waals surface area contributed by atoms with Gasteiger partial charge in [-0.25, -0.2) is 4.79 Å². The van der Waals surface area contributed by atoms with Gasteiger partial charge in [0.1, 0.15) is 5.54 Å². The Morgan fingerprint density at radius 2 is 1.42 bits per heavy atom. The summed E-state index contributed by atoms with van der Waals surface area (Å²) < 4.78 is 0. The summed E-state index contributed by atoms with van der Waals surface area (Å²) >= 11 is 0. The lowest BCUT2D eigenvalue weighted by molar-refractivity contribution is -0.130. The van der Waals surface area contributed by atoms with Gasteiger partial charge in [0.25, 0.3) is 5.91 Å². The minimum Gasteiger partial charge on any atom is -0.319 e. The fraction of sp³-hybridized carbons (Fsp3) is 0.107. The van der Waals surface area contributed by atoms with Crippen LogP contribution in [-0.2, 0) is 10.3 Å². The lowest BCUT2D eigenvalue weighted by Gasteiger charge is -2.24. The molecule has 0 aromatic heterocycles. The van der Waals surface area contributed by atoms with Crippen molar-refractivity contribution < 1.29 is 14.4 Å². The molecule has 0 radical (unpaired) electrons. The number of nitrogens with one attached hydrogen (secondary N) is 1. The van der Waals surface area contributed by atoms with Crippen molar-refractivity contribution in [1.82, 2.24) is 10.2 Å². The normalized spacial score (nSPS) is 17.9. The van der Waals surface area contributed by atoms with E-state index in [1.54, 1.807) is 19.1 Å². The molecule has 1 aliphatic rings. The molecule has 162 valence electrons. The van der Waals surface area contributed by atoms with Crippen molar-refractivity contribution >= 4 is 28.5 Å². The first kappa shape index (κ1) is 20.6. The largest absolute Gasteiger partial charge is 0.325 e. The maximum absolute atomic E-state index is 13.4. The van der Waals surface area contributed by atoms with Gasteiger partial charge in [-0.05, 0) is 34.4 Å². The molecule has 5 nitrogen and oxygen atoms in total. The van der Waals surface area contributed by atoms with E-state index in [1.807, 2.05) is 84.9 Å². The number of carbonyl (C=O) groups is 3. The third-order valence-corrected chi connectivity index (χ3v) is 6.22. The molecule has 33 heavy (non-hydrogen) atoms. The summed E-state index contributed by atoms with van der Waals surface area (Å²) in [5.74, 6) is -0.724. The Hall–Kier alpha value is -4.25. The van der Waals surface area contributed by atoms with Crippen LogP contribution in [0.15, 0.2) is 97.1 Å². The van der Waals surface area contributed by atoms with Gasteiger partial charge in [-0.2, -0.15) is 0 Å². The average molecular weight is 434 g/mol. The summed E-state index contributed by atoms with van der Waals surface area (Å²) in [6.45, 7) is 1.38. The Kier molecular flexibility index (Phi) is 5.02. The molecule has 3 amide bonds. The predicted molar refractivity (Wildman–Crippen MR) is 128 cm³/mol. The van der Waals surface area contributed by atoms with Crippen LogP contribution in [-0.4, -0.2) is 29.2 Å². The van der Waals surface area contributed by atoms with Crippen LogP contribution >= 0.6 is 0 Å². The third-order valence-electron chi connectivity index (χ3n) is 6.22. The molecule has 5 heteroatoms. The molecule has 0 spiro atoms. The van der Waals surface area contributed by atoms with Crippen molar-refractivity contribution in [3.8, 4) is 11.1 Å². The van der Waals surface area contributed by atoms with Gasteiger partial charge in [-0.15, -0.1) is 0 Å². The lowest BCUT2D eigenvalue weighted by atomic mass is 9.87. The van der Waals surface area contributed by atoms with Crippen LogP contribution in [0.1, 0.15) is 22.8 Å². The number of Topliss-reactive ketones (excluding diaryl/α,β-unsaturated/α-hetero) is 1. The molecule has 5 rings (SSSR count). The molecule has 0 saturated carbocycles. The summed E-state index contributed by atoms with van der Waals surface area (Å²) in [5.41, 5.74) is 1.97. The van der Waals surface area contributed by atoms with Crippen LogP contribution in [0, 0.1) is 0 Å². The molecule has 1 atom stereocenters. The number of nitrogens with zero attached hydrogens (tertiary/aromatic N) is 1. The van der Waals surface area contributed by atoms with E-state index in [2.05, 4.69) is 5.32 Å². The number of carbonyl (C=O) groups excluding carboxylic acids is 3. The second-order valence-corrected chi connectivity index (χ2v) is 8.34. The highest BCUT2D eigenvalue weighted by Crippen LogP contribution is 2.34. The standard InChI is InChI=1S/C28H22N2O3/c1-28(24-13-7-11-21-10-5-6-12-23(21)24)26(32)30(27(33)29-28)18-25(31)22-16-14-20(15-17-22)19-8-3-2-4-9-19/h2-17H,18H2,1H3,(H,29,33)/t28-/m1/s1. The van der Waals surface area contributed by atoms with Gasteiger partial charge < -0.3 is 5.32 Å². The number of hydrogen-bond donors (Lipinski definition) is 1. The predicted octanol–water partition coefficient (Wildman–Crippen LogP) is 5.16. The fourth-order valence-corrected chi connectivity index (χ4v) is 4.40. The van der Waals surface area contributed by atoms with Crippen LogP contribution in [0.25, 0.3) is 21.9 Å². The minimum absolute atomic E-state index is 0.291. The van der Waals surface area contributed by atoms with Gasteiger partial charge in [0.2, 0.25) is 0 Å². The molecule has 1 aliphatic heterocycles. The Labute approximate surface area is 191 Å². The summed E-state index contributed by atoms with van der Waals surface area (Å²) in [6.07, 6.45) is 0. The molecule has 1 N–H and O–H groups in total. The zero-order chi connectivity index (χ0) is 23.0. The number of imide groups is 1. The van der Waals surface area contributed by atoms with Crippen LogP contribution in [0.3, 0.4) is 0 Å². The van der Waals surface area contributed by atoms with E-state index in [4.69, 9.17) is 0 Å². The van der Waals surface area contributed by atoms with Crippen LogP contribution < -0.4 is 5.32 Å². The zero-order valence-electron chi connectivity index (χ0n) is 18.1. The summed E-state index contributed by atoms with van der Waals surface area (Å²) in [5, 5.41) is 4.68. The number of hydrogen-bond acceptors (Lipinski definition) is 3. The molecule has 4 aromatic carbocycles. The smallest absolute Gasteiger partial charge is 0.319 e. The van der Waals surface area contributed by atoms with Gasteiger partial charge in [0, 0.05) is 5.56 Å². The Morgan fingerprint density at radius 3 is 2.18 bits per heavy atom. The highest BCUT2D eigenvalue weighted by Gasteiger charge is 2.50. The van der Waals surface area contributed by atoms with Crippen molar-refractivity contribution in [2.24, 2.45) is 0 Å². The van der Waals surface area contributed by atoms with Crippen molar-refractivity contribution in [1.29, 1.82) is 0 Å². The summed E-state index contributed by atoms with van der Waals surface area (Å²) in [6, 6.07) is 29.9. The number of rotatable bonds is 5. The molecular weight excluding hydrogens is 412 g/mol. The Balaban J connectivity index is 1.39. The van der Waals surface area contributed by atoms with Gasteiger partial charge in [0.05, 0.1) is 6.54 Å². The van der Waals surface area contributed by atoms with E-state index in [0.717, 1.165) is 26.8 Å². The number of fused-ring (bicyclic) bond motifs is 1. The topological polar surface area (TPSA) is 66.5 Å². The first-order valence-corrected chi connectivity index (χ1v) is 10.8. The molecule has 1 heterocycles. The van der Waals surface area contributed by atoms with Crippen LogP contribution in [0.5, 0.6) is 0 Å². The molecule has 0 aliphatic carbocycles. The number of urea groups is 1. The average Bonchev–Trinajstić information content (AvgIpc) is 3.08. The van der Waals surface area contributed by atoms with E-state index < -0.39 is 17.5 Å². The lowest BCUT2D eigenvalue weighted by Crippen LogP contribution is -2.41. The van der Waals surface area contributed by atoms with Gasteiger partial charge >= 0.3 is 6.03 Å². The van der Waals surface area contributed by atoms with Crippen molar-refractivity contribution in [2.75, 3.05) is 6.54 Å². The van der Waals surface area contributed by atoms with Gasteiger partial charge in [0.15, 0.2) is 5.78 Å². The highest BCUT2D eigenvalue weighted by molar-refractivity contribution is 6.12. The zero-order valence-corrected chi connectivity index (χ0v) is 18.1. The summed E-state index contributed by atoms with van der Waals surface area (Å²) in [7, 11) is 0. The van der Waals surface area contributed by atoms with Crippen molar-refractivity contribution in [3.05, 3.63) is 108 Å². The second-order valence-electron chi connectivity index (χ2n) is 8.34. The van der Waals surface area contributed by atoms with Gasteiger partial charge in [-0.1, -0.05) is 97.1 Å². The SMILES string of the molecule is C[C@]1(c2cccc3ccccc23)NC(=O)N(CC(=O)c2ccc(-c3ccccc3)cc2)C1=O. The molecule has 1 saturated heterocycles. The first-order chi connectivity index (χ1) is 16.0. The maximum atomic E-state index is 13.4. The first-order valence-electron chi connectivity index (χ1n) is 10.8. The van der Waals surface area contributed by atoms with Crippen molar-refractivity contribution in [2.45, 2.75) is 12.5 Å². The highest BCUT2D eigenvalue weighted by atomic mass is 16.2. The molecule has 0 unspecified atom stereocenters. The van der Waals surface area contributed by atoms with E-state index in [1.165, 1.54) is 0 Å². The van der Waals surface area contributed by atoms with Crippen LogP contribution in [0.4, 0.5) is 4.79 Å². The summed E-state index contributed by atoms with van der Waals surface area (Å²) in [4.78, 5) is 40.1. The second kappa shape index (κ2) is 8.02. The fourth-order valence-electron chi connectivity index (χ4n) is 4.40. The molecule has 4 aromatic rings. The monoisotopic (exact) mass is 434 g/mol. The third kappa shape index (κ3) is 3.57. The van der Waals surface area contributed by atoms with Crippen LogP contribution in [0.2, 0.25) is 0 Å². The molecule has 1 fully saturated rings. The molecular formula is C28H22N2O3. The van der Waals surface area contributed by atoms with E-state index in [9.17, 15) is 14.4 Å². The molecule has 0 bridgehead atoms. The number of benzene rings is 4. The van der Waals surface area contributed by atoms with Gasteiger partial charge in [-0.3, -0.25) is 14.5 Å². The van der Waals surface area contributed by atoms with E-state index in [0.29, 0.717) is 11.1 Å². The van der Waals surface area contributed by atoms with E-state index in [-0.39, 0.29) is 12.3 Å². The minimum atomic E-state index is -1.24. The quantitative estimate of drug-likeness (QED) is 0.349.